The van der Waals surface area contributed by atoms with E-state index in [2.05, 4.69) is 20.3 Å². The largest absolute Gasteiger partial charge is 0.393 e. The summed E-state index contributed by atoms with van der Waals surface area (Å²) < 4.78 is 0. The van der Waals surface area contributed by atoms with Crippen molar-refractivity contribution in [1.82, 2.24) is 0 Å². The molecular formula is C9H19O. The van der Waals surface area contributed by atoms with Crippen LogP contribution in [0.1, 0.15) is 40.0 Å². The van der Waals surface area contributed by atoms with Gasteiger partial charge in [-0.1, -0.05) is 26.7 Å². The number of hydrogen-bond acceptors (Lipinski definition) is 1. The predicted molar refractivity (Wildman–Crippen MR) is 44.7 cm³/mol. The number of unbranched alkanes of at least 4 members (excludes halogenated alkanes) is 2. The van der Waals surface area contributed by atoms with Gasteiger partial charge >= 0.3 is 0 Å². The molecule has 1 nitrogen and oxygen atoms in total. The molecule has 1 radical (unpaired) electrons. The fourth-order valence-electron chi connectivity index (χ4n) is 0.782. The van der Waals surface area contributed by atoms with Crippen LogP contribution >= 0.6 is 0 Å². The molecule has 0 aromatic heterocycles. The Balaban J connectivity index is 3.13. The van der Waals surface area contributed by atoms with Gasteiger partial charge in [-0.05, 0) is 25.7 Å². The first kappa shape index (κ1) is 9.96. The van der Waals surface area contributed by atoms with Crippen molar-refractivity contribution in [3.63, 3.8) is 0 Å². The highest BCUT2D eigenvalue weighted by Crippen LogP contribution is 2.11. The first-order valence-electron chi connectivity index (χ1n) is 4.18. The minimum atomic E-state index is -0.159. The summed E-state index contributed by atoms with van der Waals surface area (Å²) in [5.41, 5.74) is 0. The molecule has 0 bridgehead atoms. The number of aliphatic hydroxyl groups excluding tert-OH is 1. The smallest absolute Gasteiger partial charge is 0.0537 e. The Kier molecular flexibility index (Phi) is 5.70. The minimum absolute atomic E-state index is 0.159. The lowest BCUT2D eigenvalue weighted by atomic mass is 9.99. The Morgan fingerprint density at radius 2 is 2.00 bits per heavy atom. The van der Waals surface area contributed by atoms with E-state index < -0.39 is 0 Å². The van der Waals surface area contributed by atoms with Gasteiger partial charge in [-0.2, -0.15) is 0 Å². The summed E-state index contributed by atoms with van der Waals surface area (Å²) in [7, 11) is 0. The van der Waals surface area contributed by atoms with Gasteiger partial charge in [0.15, 0.2) is 0 Å². The standard InChI is InChI=1S/C9H19O/c1-4-5-6-7-8(2)9(3)10/h6,8-10H,4-5,7H2,1-3H3. The van der Waals surface area contributed by atoms with Crippen LogP contribution in [0.15, 0.2) is 0 Å². The molecule has 0 aromatic carbocycles. The molecule has 0 saturated carbocycles. The molecule has 0 saturated heterocycles. The monoisotopic (exact) mass is 143 g/mol. The molecule has 1 heteroatoms. The molecule has 2 atom stereocenters. The highest BCUT2D eigenvalue weighted by Gasteiger charge is 2.06. The first-order valence-corrected chi connectivity index (χ1v) is 4.18. The Hall–Kier alpha value is -0.0400. The summed E-state index contributed by atoms with van der Waals surface area (Å²) >= 11 is 0. The lowest BCUT2D eigenvalue weighted by molar-refractivity contribution is 0.134. The quantitative estimate of drug-likeness (QED) is 0.586. The van der Waals surface area contributed by atoms with Gasteiger partial charge in [0, 0.05) is 0 Å². The number of rotatable bonds is 5. The number of hydrogen-bond donors (Lipinski definition) is 1. The van der Waals surface area contributed by atoms with Gasteiger partial charge in [0.05, 0.1) is 6.10 Å². The SMILES string of the molecule is CCC[CH]CC(C)C(C)O. The van der Waals surface area contributed by atoms with Crippen LogP contribution in [-0.4, -0.2) is 11.2 Å². The second-order valence-electron chi connectivity index (χ2n) is 3.03. The van der Waals surface area contributed by atoms with Crippen LogP contribution in [-0.2, 0) is 0 Å². The summed E-state index contributed by atoms with van der Waals surface area (Å²) in [5, 5.41) is 9.10. The summed E-state index contributed by atoms with van der Waals surface area (Å²) in [4.78, 5) is 0. The molecule has 0 heterocycles. The second-order valence-corrected chi connectivity index (χ2v) is 3.03. The van der Waals surface area contributed by atoms with Gasteiger partial charge in [-0.25, -0.2) is 0 Å². The van der Waals surface area contributed by atoms with Gasteiger partial charge in [0.25, 0.3) is 0 Å². The van der Waals surface area contributed by atoms with E-state index in [1.807, 2.05) is 6.92 Å². The van der Waals surface area contributed by atoms with Crippen molar-refractivity contribution >= 4 is 0 Å². The summed E-state index contributed by atoms with van der Waals surface area (Å²) in [6.45, 7) is 6.10. The van der Waals surface area contributed by atoms with Gasteiger partial charge in [0.2, 0.25) is 0 Å². The second kappa shape index (κ2) is 5.72. The summed E-state index contributed by atoms with van der Waals surface area (Å²) in [5.74, 6) is 0.423. The van der Waals surface area contributed by atoms with Crippen molar-refractivity contribution in [3.8, 4) is 0 Å². The molecule has 0 aliphatic rings. The molecule has 0 rings (SSSR count). The van der Waals surface area contributed by atoms with Gasteiger partial charge in [-0.15, -0.1) is 0 Å². The molecule has 1 N–H and O–H groups in total. The van der Waals surface area contributed by atoms with Crippen LogP contribution in [0.5, 0.6) is 0 Å². The van der Waals surface area contributed by atoms with Crippen LogP contribution in [0.4, 0.5) is 0 Å². The third-order valence-electron chi connectivity index (χ3n) is 1.85. The van der Waals surface area contributed by atoms with Crippen molar-refractivity contribution in [1.29, 1.82) is 0 Å². The zero-order valence-electron chi connectivity index (χ0n) is 7.30. The Morgan fingerprint density at radius 3 is 2.40 bits per heavy atom. The fraction of sp³-hybridized carbons (Fsp3) is 0.889. The van der Waals surface area contributed by atoms with Crippen LogP contribution < -0.4 is 0 Å². The lowest BCUT2D eigenvalue weighted by Gasteiger charge is -2.12. The van der Waals surface area contributed by atoms with E-state index in [1.54, 1.807) is 0 Å². The van der Waals surface area contributed by atoms with Crippen molar-refractivity contribution in [2.45, 2.75) is 46.1 Å². The molecule has 0 aliphatic carbocycles. The molecule has 0 spiro atoms. The molecule has 61 valence electrons. The molecule has 2 unspecified atom stereocenters. The van der Waals surface area contributed by atoms with Crippen molar-refractivity contribution < 1.29 is 5.11 Å². The highest BCUT2D eigenvalue weighted by molar-refractivity contribution is 4.70. The summed E-state index contributed by atoms with van der Waals surface area (Å²) in [6.07, 6.45) is 5.54. The van der Waals surface area contributed by atoms with Crippen molar-refractivity contribution in [2.24, 2.45) is 5.92 Å². The van der Waals surface area contributed by atoms with Crippen molar-refractivity contribution in [2.75, 3.05) is 0 Å². The average Bonchev–Trinajstić information content (AvgIpc) is 1.88. The molecule has 0 aromatic rings. The number of aliphatic hydroxyl groups is 1. The van der Waals surface area contributed by atoms with E-state index in [-0.39, 0.29) is 6.10 Å². The molecule has 0 amide bonds. The van der Waals surface area contributed by atoms with Crippen molar-refractivity contribution in [3.05, 3.63) is 6.42 Å². The van der Waals surface area contributed by atoms with Crippen LogP contribution in [0.2, 0.25) is 0 Å². The zero-order valence-corrected chi connectivity index (χ0v) is 7.30. The maximum absolute atomic E-state index is 9.10. The maximum Gasteiger partial charge on any atom is 0.0537 e. The maximum atomic E-state index is 9.10. The molecule has 10 heavy (non-hydrogen) atoms. The van der Waals surface area contributed by atoms with Gasteiger partial charge < -0.3 is 5.11 Å². The van der Waals surface area contributed by atoms with Crippen LogP contribution in [0.25, 0.3) is 0 Å². The fourth-order valence-corrected chi connectivity index (χ4v) is 0.782. The first-order chi connectivity index (χ1) is 4.68. The van der Waals surface area contributed by atoms with Gasteiger partial charge in [0.1, 0.15) is 0 Å². The van der Waals surface area contributed by atoms with Crippen LogP contribution in [0.3, 0.4) is 0 Å². The Labute approximate surface area is 64.5 Å². The Bertz CT molecular complexity index is 69.1. The topological polar surface area (TPSA) is 20.2 Å². The predicted octanol–water partition coefficient (Wildman–Crippen LogP) is 2.40. The normalized spacial score (nSPS) is 16.8. The van der Waals surface area contributed by atoms with E-state index >= 15 is 0 Å². The summed E-state index contributed by atoms with van der Waals surface area (Å²) in [6, 6.07) is 0. The van der Waals surface area contributed by atoms with Crippen LogP contribution in [0, 0.1) is 12.3 Å². The Morgan fingerprint density at radius 1 is 1.40 bits per heavy atom. The van der Waals surface area contributed by atoms with E-state index in [1.165, 1.54) is 12.8 Å². The third-order valence-corrected chi connectivity index (χ3v) is 1.85. The molecular weight excluding hydrogens is 124 g/mol. The molecule has 0 aliphatic heterocycles. The van der Waals surface area contributed by atoms with E-state index in [4.69, 9.17) is 5.11 Å². The van der Waals surface area contributed by atoms with E-state index in [0.29, 0.717) is 5.92 Å². The average molecular weight is 143 g/mol. The van der Waals surface area contributed by atoms with Gasteiger partial charge in [-0.3, -0.25) is 0 Å². The highest BCUT2D eigenvalue weighted by atomic mass is 16.3. The van der Waals surface area contributed by atoms with E-state index in [9.17, 15) is 0 Å². The zero-order chi connectivity index (χ0) is 7.98. The lowest BCUT2D eigenvalue weighted by Crippen LogP contribution is -2.12. The molecule has 0 fully saturated rings. The van der Waals surface area contributed by atoms with E-state index in [0.717, 1.165) is 6.42 Å². The minimum Gasteiger partial charge on any atom is -0.393 e. The third kappa shape index (κ3) is 4.80.